The highest BCUT2D eigenvalue weighted by molar-refractivity contribution is 6.32. The molecule has 1 aromatic carbocycles. The molecule has 1 heterocycles. The Morgan fingerprint density at radius 2 is 1.89 bits per heavy atom. The number of hydrogen-bond acceptors (Lipinski definition) is 3. The smallest absolute Gasteiger partial charge is 0.408 e. The molecular formula is C12H14ClF3N2O. The lowest BCUT2D eigenvalue weighted by atomic mass is 10.0. The number of halogens is 4. The van der Waals surface area contributed by atoms with Gasteiger partial charge in [0.1, 0.15) is 11.8 Å². The molecule has 0 unspecified atom stereocenters. The van der Waals surface area contributed by atoms with E-state index in [0.717, 1.165) is 0 Å². The minimum atomic E-state index is -4.38. The lowest BCUT2D eigenvalue weighted by molar-refractivity contribution is -0.187. The fourth-order valence-electron chi connectivity index (χ4n) is 2.24. The Balaban J connectivity index is 2.33. The van der Waals surface area contributed by atoms with E-state index in [0.29, 0.717) is 26.2 Å². The van der Waals surface area contributed by atoms with E-state index in [1.165, 1.54) is 23.1 Å². The van der Waals surface area contributed by atoms with Crippen LogP contribution in [0.15, 0.2) is 18.2 Å². The van der Waals surface area contributed by atoms with Crippen molar-refractivity contribution in [1.82, 2.24) is 10.2 Å². The summed E-state index contributed by atoms with van der Waals surface area (Å²) in [6, 6.07) is 1.95. The molecule has 0 saturated carbocycles. The van der Waals surface area contributed by atoms with Crippen LogP contribution in [-0.4, -0.2) is 42.4 Å². The predicted molar refractivity (Wildman–Crippen MR) is 66.4 cm³/mol. The molecule has 1 fully saturated rings. The third-order valence-corrected chi connectivity index (χ3v) is 3.42. The van der Waals surface area contributed by atoms with Gasteiger partial charge in [-0.3, -0.25) is 4.90 Å². The van der Waals surface area contributed by atoms with Crippen molar-refractivity contribution in [3.8, 4) is 5.75 Å². The molecule has 2 N–H and O–H groups in total. The summed E-state index contributed by atoms with van der Waals surface area (Å²) in [5.74, 6) is -0.216. The van der Waals surface area contributed by atoms with Crippen molar-refractivity contribution in [3.63, 3.8) is 0 Å². The molecule has 7 heteroatoms. The summed E-state index contributed by atoms with van der Waals surface area (Å²) >= 11 is 5.70. The van der Waals surface area contributed by atoms with Crippen LogP contribution in [0, 0.1) is 0 Å². The van der Waals surface area contributed by atoms with Gasteiger partial charge in [-0.2, -0.15) is 13.2 Å². The molecule has 0 amide bonds. The molecule has 0 aromatic heterocycles. The highest BCUT2D eigenvalue weighted by Crippen LogP contribution is 2.39. The van der Waals surface area contributed by atoms with Crippen LogP contribution < -0.4 is 5.32 Å². The molecule has 0 radical (unpaired) electrons. The van der Waals surface area contributed by atoms with Gasteiger partial charge in [0.2, 0.25) is 0 Å². The lowest BCUT2D eigenvalue weighted by Crippen LogP contribution is -2.49. The third kappa shape index (κ3) is 3.32. The van der Waals surface area contributed by atoms with Crippen LogP contribution in [0.5, 0.6) is 5.75 Å². The molecule has 0 aliphatic carbocycles. The van der Waals surface area contributed by atoms with E-state index < -0.39 is 12.2 Å². The topological polar surface area (TPSA) is 35.5 Å². The average Bonchev–Trinajstić information content (AvgIpc) is 2.34. The van der Waals surface area contributed by atoms with Gasteiger partial charge in [-0.1, -0.05) is 17.7 Å². The van der Waals surface area contributed by atoms with Gasteiger partial charge < -0.3 is 10.4 Å². The molecule has 2 rings (SSSR count). The number of phenols is 1. The number of phenolic OH excluding ortho intramolecular Hbond substituents is 1. The molecule has 1 aliphatic rings. The largest absolute Gasteiger partial charge is 0.506 e. The number of piperazine rings is 1. The van der Waals surface area contributed by atoms with E-state index in [1.807, 2.05) is 0 Å². The first-order valence-electron chi connectivity index (χ1n) is 5.89. The first-order valence-corrected chi connectivity index (χ1v) is 6.27. The van der Waals surface area contributed by atoms with Crippen LogP contribution in [0.4, 0.5) is 13.2 Å². The highest BCUT2D eigenvalue weighted by atomic mass is 35.5. The van der Waals surface area contributed by atoms with Crippen molar-refractivity contribution in [2.45, 2.75) is 12.2 Å². The van der Waals surface area contributed by atoms with Crippen LogP contribution >= 0.6 is 11.6 Å². The van der Waals surface area contributed by atoms with Gasteiger partial charge in [0.25, 0.3) is 0 Å². The molecule has 106 valence electrons. The maximum absolute atomic E-state index is 13.3. The Morgan fingerprint density at radius 1 is 1.26 bits per heavy atom. The Kier molecular flexibility index (Phi) is 4.23. The zero-order chi connectivity index (χ0) is 14.0. The summed E-state index contributed by atoms with van der Waals surface area (Å²) in [5.41, 5.74) is 0.0530. The Morgan fingerprint density at radius 3 is 2.42 bits per heavy atom. The van der Waals surface area contributed by atoms with Gasteiger partial charge in [-0.25, -0.2) is 0 Å². The number of alkyl halides is 3. The number of aromatic hydroxyl groups is 1. The van der Waals surface area contributed by atoms with Gasteiger partial charge in [0.15, 0.2) is 0 Å². The monoisotopic (exact) mass is 294 g/mol. The second kappa shape index (κ2) is 5.56. The molecular weight excluding hydrogens is 281 g/mol. The lowest BCUT2D eigenvalue weighted by Gasteiger charge is -2.36. The van der Waals surface area contributed by atoms with Gasteiger partial charge in [-0.05, 0) is 17.7 Å². The van der Waals surface area contributed by atoms with E-state index >= 15 is 0 Å². The van der Waals surface area contributed by atoms with Crippen LogP contribution in [0.1, 0.15) is 11.6 Å². The predicted octanol–water partition coefficient (Wildman–Crippen LogP) is 2.55. The maximum atomic E-state index is 13.3. The minimum absolute atomic E-state index is 0.0530. The molecule has 19 heavy (non-hydrogen) atoms. The summed E-state index contributed by atoms with van der Waals surface area (Å²) in [4.78, 5) is 1.37. The van der Waals surface area contributed by atoms with E-state index in [2.05, 4.69) is 5.32 Å². The highest BCUT2D eigenvalue weighted by Gasteiger charge is 2.45. The summed E-state index contributed by atoms with van der Waals surface area (Å²) in [6.45, 7) is 1.70. The summed E-state index contributed by atoms with van der Waals surface area (Å²) in [5, 5.41) is 12.3. The van der Waals surface area contributed by atoms with Crippen LogP contribution in [0.3, 0.4) is 0 Å². The molecule has 0 bridgehead atoms. The van der Waals surface area contributed by atoms with Crippen molar-refractivity contribution >= 4 is 11.6 Å². The van der Waals surface area contributed by atoms with E-state index in [-0.39, 0.29) is 16.3 Å². The van der Waals surface area contributed by atoms with Gasteiger partial charge >= 0.3 is 6.18 Å². The molecule has 1 atom stereocenters. The number of rotatable bonds is 2. The van der Waals surface area contributed by atoms with Crippen LogP contribution in [-0.2, 0) is 0 Å². The van der Waals surface area contributed by atoms with Gasteiger partial charge in [-0.15, -0.1) is 0 Å². The summed E-state index contributed by atoms with van der Waals surface area (Å²) in [7, 11) is 0. The fourth-order valence-corrected chi connectivity index (χ4v) is 2.43. The van der Waals surface area contributed by atoms with Gasteiger partial charge in [0.05, 0.1) is 5.02 Å². The molecule has 1 saturated heterocycles. The van der Waals surface area contributed by atoms with Crippen molar-refractivity contribution < 1.29 is 18.3 Å². The normalized spacial score (nSPS) is 19.4. The third-order valence-electron chi connectivity index (χ3n) is 3.11. The Hall–Kier alpha value is -0.980. The zero-order valence-electron chi connectivity index (χ0n) is 10.0. The average molecular weight is 295 g/mol. The van der Waals surface area contributed by atoms with Gasteiger partial charge in [0, 0.05) is 26.2 Å². The maximum Gasteiger partial charge on any atom is 0.408 e. The molecule has 3 nitrogen and oxygen atoms in total. The number of benzene rings is 1. The van der Waals surface area contributed by atoms with E-state index in [9.17, 15) is 18.3 Å². The Labute approximate surface area is 114 Å². The van der Waals surface area contributed by atoms with Crippen molar-refractivity contribution in [2.24, 2.45) is 0 Å². The first-order chi connectivity index (χ1) is 8.89. The SMILES string of the molecule is Oc1ccc([C@H](N2CCNCC2)C(F)(F)F)cc1Cl. The first kappa shape index (κ1) is 14.4. The minimum Gasteiger partial charge on any atom is -0.506 e. The zero-order valence-corrected chi connectivity index (χ0v) is 10.8. The molecule has 1 aromatic rings. The second-order valence-corrected chi connectivity index (χ2v) is 4.85. The second-order valence-electron chi connectivity index (χ2n) is 4.44. The van der Waals surface area contributed by atoms with E-state index in [4.69, 9.17) is 11.6 Å². The Bertz CT molecular complexity index is 447. The quantitative estimate of drug-likeness (QED) is 0.880. The van der Waals surface area contributed by atoms with E-state index in [1.54, 1.807) is 0 Å². The number of nitrogens with one attached hydrogen (secondary N) is 1. The van der Waals surface area contributed by atoms with Crippen LogP contribution in [0.2, 0.25) is 5.02 Å². The molecule has 1 aliphatic heterocycles. The summed E-state index contributed by atoms with van der Waals surface area (Å²) < 4.78 is 39.8. The summed E-state index contributed by atoms with van der Waals surface area (Å²) in [6.07, 6.45) is -4.38. The standard InChI is InChI=1S/C12H14ClF3N2O/c13-9-7-8(1-2-10(9)19)11(12(14,15)16)18-5-3-17-4-6-18/h1-2,7,11,17,19H,3-6H2/t11-/m0/s1. The van der Waals surface area contributed by atoms with Crippen molar-refractivity contribution in [1.29, 1.82) is 0 Å². The molecule has 0 spiro atoms. The van der Waals surface area contributed by atoms with Crippen molar-refractivity contribution in [3.05, 3.63) is 28.8 Å². The number of hydrogen-bond donors (Lipinski definition) is 2. The fraction of sp³-hybridized carbons (Fsp3) is 0.500. The van der Waals surface area contributed by atoms with Crippen LogP contribution in [0.25, 0.3) is 0 Å². The number of nitrogens with zero attached hydrogens (tertiary/aromatic N) is 1. The van der Waals surface area contributed by atoms with Crippen molar-refractivity contribution in [2.75, 3.05) is 26.2 Å².